The van der Waals surface area contributed by atoms with Gasteiger partial charge in [0.2, 0.25) is 11.9 Å². The van der Waals surface area contributed by atoms with Gasteiger partial charge in [-0.05, 0) is 6.92 Å². The third-order valence-electron chi connectivity index (χ3n) is 2.58. The molecule has 0 spiro atoms. The maximum absolute atomic E-state index is 11.5. The molecule has 2 heterocycles. The van der Waals surface area contributed by atoms with Crippen LogP contribution in [0, 0.1) is 0 Å². The summed E-state index contributed by atoms with van der Waals surface area (Å²) in [7, 11) is 0. The van der Waals surface area contributed by atoms with Crippen LogP contribution in [-0.2, 0) is 4.74 Å². The average Bonchev–Trinajstić information content (AvgIpc) is 2.76. The van der Waals surface area contributed by atoms with Gasteiger partial charge in [0.25, 0.3) is 0 Å². The Morgan fingerprint density at radius 2 is 2.18 bits per heavy atom. The average molecular weight is 240 g/mol. The maximum atomic E-state index is 11.5. The number of carbonyl (C=O) groups is 1. The number of anilines is 2. The Bertz CT molecular complexity index is 385. The van der Waals surface area contributed by atoms with E-state index in [4.69, 9.17) is 10.5 Å². The molecule has 1 aromatic rings. The van der Waals surface area contributed by atoms with Crippen LogP contribution in [-0.4, -0.2) is 59.0 Å². The number of hydrogen-bond donors (Lipinski definition) is 2. The number of nitrogens with zero attached hydrogens (tertiary/aromatic N) is 4. The van der Waals surface area contributed by atoms with Gasteiger partial charge in [0.05, 0.1) is 6.61 Å². The van der Waals surface area contributed by atoms with Crippen molar-refractivity contribution in [2.75, 3.05) is 43.4 Å². The van der Waals surface area contributed by atoms with Crippen molar-refractivity contribution in [2.45, 2.75) is 6.92 Å². The molecule has 0 radical (unpaired) electrons. The minimum atomic E-state index is -0.262. The lowest BCUT2D eigenvalue weighted by Crippen LogP contribution is -2.49. The van der Waals surface area contributed by atoms with Gasteiger partial charge in [-0.3, -0.25) is 0 Å². The molecule has 0 saturated carbocycles. The quantitative estimate of drug-likeness (QED) is 0.733. The van der Waals surface area contributed by atoms with E-state index in [1.165, 1.54) is 0 Å². The van der Waals surface area contributed by atoms with Gasteiger partial charge in [-0.15, -0.1) is 5.10 Å². The van der Waals surface area contributed by atoms with Crippen molar-refractivity contribution in [3.05, 3.63) is 0 Å². The Morgan fingerprint density at radius 1 is 1.47 bits per heavy atom. The van der Waals surface area contributed by atoms with Gasteiger partial charge in [0.15, 0.2) is 0 Å². The van der Waals surface area contributed by atoms with E-state index in [2.05, 4.69) is 15.2 Å². The lowest BCUT2D eigenvalue weighted by atomic mass is 10.3. The number of amides is 1. The number of nitrogens with one attached hydrogen (secondary N) is 1. The molecule has 3 N–H and O–H groups in total. The van der Waals surface area contributed by atoms with Gasteiger partial charge < -0.3 is 20.3 Å². The monoisotopic (exact) mass is 240 g/mol. The summed E-state index contributed by atoms with van der Waals surface area (Å²) in [4.78, 5) is 19.2. The first-order valence-corrected chi connectivity index (χ1v) is 5.55. The van der Waals surface area contributed by atoms with Crippen molar-refractivity contribution in [1.82, 2.24) is 20.1 Å². The largest absolute Gasteiger partial charge is 0.450 e. The number of nitrogens with two attached hydrogens (primary N) is 1. The molecule has 8 nitrogen and oxygen atoms in total. The Morgan fingerprint density at radius 3 is 2.71 bits per heavy atom. The van der Waals surface area contributed by atoms with E-state index in [9.17, 15) is 4.79 Å². The van der Waals surface area contributed by atoms with Gasteiger partial charge in [0.1, 0.15) is 0 Å². The summed E-state index contributed by atoms with van der Waals surface area (Å²) < 4.78 is 4.94. The Kier molecular flexibility index (Phi) is 3.31. The number of rotatable bonds is 2. The molecular formula is C9H16N6O2. The number of piperazine rings is 1. The predicted octanol–water partition coefficient (Wildman–Crippen LogP) is -0.335. The van der Waals surface area contributed by atoms with Crippen LogP contribution in [0.5, 0.6) is 0 Å². The minimum absolute atomic E-state index is 0.262. The number of ether oxygens (including phenoxy) is 1. The number of aromatic nitrogens is 3. The molecule has 8 heteroatoms. The highest BCUT2D eigenvalue weighted by molar-refractivity contribution is 5.68. The molecule has 2 rings (SSSR count). The summed E-state index contributed by atoms with van der Waals surface area (Å²) in [6, 6.07) is 0. The third kappa shape index (κ3) is 2.58. The Balaban J connectivity index is 1.88. The van der Waals surface area contributed by atoms with E-state index >= 15 is 0 Å². The van der Waals surface area contributed by atoms with Crippen LogP contribution in [0.4, 0.5) is 16.7 Å². The molecule has 0 aliphatic carbocycles. The summed E-state index contributed by atoms with van der Waals surface area (Å²) in [5.74, 6) is 0.874. The van der Waals surface area contributed by atoms with E-state index in [1.54, 1.807) is 11.8 Å². The van der Waals surface area contributed by atoms with Crippen molar-refractivity contribution in [3.63, 3.8) is 0 Å². The van der Waals surface area contributed by atoms with Crippen LogP contribution in [0.3, 0.4) is 0 Å². The highest BCUT2D eigenvalue weighted by Gasteiger charge is 2.23. The molecule has 0 unspecified atom stereocenters. The van der Waals surface area contributed by atoms with Crippen LogP contribution in [0.1, 0.15) is 6.92 Å². The van der Waals surface area contributed by atoms with Gasteiger partial charge >= 0.3 is 6.09 Å². The van der Waals surface area contributed by atoms with Crippen molar-refractivity contribution in [2.24, 2.45) is 0 Å². The summed E-state index contributed by atoms with van der Waals surface area (Å²) in [6.07, 6.45) is -0.262. The molecule has 1 fully saturated rings. The molecule has 1 saturated heterocycles. The predicted molar refractivity (Wildman–Crippen MR) is 61.6 cm³/mol. The second-order valence-electron chi connectivity index (χ2n) is 3.69. The fourth-order valence-electron chi connectivity index (χ4n) is 1.71. The standard InChI is InChI=1S/C9H16N6O2/c1-2-17-9(16)15-5-3-14(4-6-15)8-11-7(10)12-13-8/h2-6H2,1H3,(H3,10,11,12,13). The van der Waals surface area contributed by atoms with Crippen molar-refractivity contribution >= 4 is 18.0 Å². The first-order valence-electron chi connectivity index (χ1n) is 5.55. The highest BCUT2D eigenvalue weighted by Crippen LogP contribution is 2.11. The van der Waals surface area contributed by atoms with E-state index in [0.717, 1.165) is 0 Å². The first kappa shape index (κ1) is 11.5. The molecule has 94 valence electrons. The molecule has 0 bridgehead atoms. The summed E-state index contributed by atoms with van der Waals surface area (Å²) in [5, 5.41) is 6.57. The van der Waals surface area contributed by atoms with E-state index in [-0.39, 0.29) is 6.09 Å². The molecule has 1 aliphatic heterocycles. The van der Waals surface area contributed by atoms with Crippen LogP contribution in [0.2, 0.25) is 0 Å². The second-order valence-corrected chi connectivity index (χ2v) is 3.69. The van der Waals surface area contributed by atoms with Gasteiger partial charge in [-0.1, -0.05) is 0 Å². The zero-order valence-electron chi connectivity index (χ0n) is 9.72. The fourth-order valence-corrected chi connectivity index (χ4v) is 1.71. The normalized spacial score (nSPS) is 16.1. The van der Waals surface area contributed by atoms with Gasteiger partial charge in [0, 0.05) is 26.2 Å². The lowest BCUT2D eigenvalue weighted by Gasteiger charge is -2.33. The molecule has 0 aromatic carbocycles. The van der Waals surface area contributed by atoms with Crippen molar-refractivity contribution in [1.29, 1.82) is 0 Å². The lowest BCUT2D eigenvalue weighted by molar-refractivity contribution is 0.105. The van der Waals surface area contributed by atoms with E-state index < -0.39 is 0 Å². The number of nitrogen functional groups attached to an aromatic ring is 1. The van der Waals surface area contributed by atoms with Crippen molar-refractivity contribution < 1.29 is 9.53 Å². The molecule has 0 atom stereocenters. The minimum Gasteiger partial charge on any atom is -0.450 e. The van der Waals surface area contributed by atoms with Crippen LogP contribution in [0.15, 0.2) is 0 Å². The summed E-state index contributed by atoms with van der Waals surface area (Å²) in [5.41, 5.74) is 5.46. The maximum Gasteiger partial charge on any atom is 0.409 e. The summed E-state index contributed by atoms with van der Waals surface area (Å²) in [6.45, 7) is 4.76. The summed E-state index contributed by atoms with van der Waals surface area (Å²) >= 11 is 0. The second kappa shape index (κ2) is 4.89. The topological polar surface area (TPSA) is 100 Å². The number of carbonyl (C=O) groups excluding carboxylic acids is 1. The Labute approximate surface area is 98.7 Å². The highest BCUT2D eigenvalue weighted by atomic mass is 16.6. The smallest absolute Gasteiger partial charge is 0.409 e. The molecule has 1 amide bonds. The zero-order valence-corrected chi connectivity index (χ0v) is 9.72. The molecule has 17 heavy (non-hydrogen) atoms. The van der Waals surface area contributed by atoms with Crippen molar-refractivity contribution in [3.8, 4) is 0 Å². The SMILES string of the molecule is CCOC(=O)N1CCN(c2n[nH]c(N)n2)CC1. The first-order chi connectivity index (χ1) is 8.20. The number of H-pyrrole nitrogens is 1. The molecule has 1 aliphatic rings. The van der Waals surface area contributed by atoms with Gasteiger partial charge in [-0.2, -0.15) is 4.98 Å². The number of hydrogen-bond acceptors (Lipinski definition) is 6. The van der Waals surface area contributed by atoms with E-state index in [0.29, 0.717) is 44.7 Å². The third-order valence-corrected chi connectivity index (χ3v) is 2.58. The zero-order chi connectivity index (χ0) is 12.3. The fraction of sp³-hybridized carbons (Fsp3) is 0.667. The van der Waals surface area contributed by atoms with Gasteiger partial charge in [-0.25, -0.2) is 9.89 Å². The molecule has 1 aromatic heterocycles. The van der Waals surface area contributed by atoms with Crippen LogP contribution >= 0.6 is 0 Å². The Hall–Kier alpha value is -1.99. The van der Waals surface area contributed by atoms with Crippen LogP contribution < -0.4 is 10.6 Å². The molecular weight excluding hydrogens is 224 g/mol. The number of aromatic amines is 1. The van der Waals surface area contributed by atoms with E-state index in [1.807, 2.05) is 4.90 Å². The van der Waals surface area contributed by atoms with Crippen LogP contribution in [0.25, 0.3) is 0 Å².